The number of anilines is 1. The van der Waals surface area contributed by atoms with Crippen molar-refractivity contribution in [2.75, 3.05) is 26.1 Å². The number of nitrogens with zero attached hydrogens (tertiary/aromatic N) is 3. The fourth-order valence-corrected chi connectivity index (χ4v) is 4.28. The lowest BCUT2D eigenvalue weighted by Crippen LogP contribution is -2.24. The zero-order chi connectivity index (χ0) is 22.9. The van der Waals surface area contributed by atoms with E-state index < -0.39 is 16.4 Å². The second kappa shape index (κ2) is 8.86. The first-order valence-electron chi connectivity index (χ1n) is 9.83. The Morgan fingerprint density at radius 1 is 1.25 bits per heavy atom. The largest absolute Gasteiger partial charge is 0.493 e. The van der Waals surface area contributed by atoms with Crippen LogP contribution in [0.1, 0.15) is 12.8 Å². The molecule has 1 aromatic carbocycles. The van der Waals surface area contributed by atoms with Gasteiger partial charge in [0.2, 0.25) is 0 Å². The number of para-hydroxylation sites is 1. The third-order valence-corrected chi connectivity index (χ3v) is 5.86. The number of imidazole rings is 1. The SMILES string of the molecule is COc1cccc(-c2nc3ncnc(N[C@@H]4C[C@@H](COS(N)(=O)=O)[C@@H](O)C4)c3[nH]2)c1OC. The second-order valence-electron chi connectivity index (χ2n) is 7.46. The maximum absolute atomic E-state index is 11.0. The second-order valence-corrected chi connectivity index (χ2v) is 8.69. The summed E-state index contributed by atoms with van der Waals surface area (Å²) in [7, 11) is -0.945. The van der Waals surface area contributed by atoms with Crippen molar-refractivity contribution in [3.8, 4) is 22.9 Å². The Bertz CT molecular complexity index is 1220. The van der Waals surface area contributed by atoms with E-state index in [0.29, 0.717) is 52.7 Å². The summed E-state index contributed by atoms with van der Waals surface area (Å²) in [5, 5.41) is 18.4. The fraction of sp³-hybridized carbons (Fsp3) is 0.421. The number of ether oxygens (including phenoxy) is 2. The number of fused-ring (bicyclic) bond motifs is 1. The van der Waals surface area contributed by atoms with Crippen LogP contribution in [-0.4, -0.2) is 66.4 Å². The van der Waals surface area contributed by atoms with Crippen molar-refractivity contribution < 1.29 is 27.2 Å². The molecule has 32 heavy (non-hydrogen) atoms. The van der Waals surface area contributed by atoms with Gasteiger partial charge in [-0.15, -0.1) is 0 Å². The Balaban J connectivity index is 1.58. The number of hydrogen-bond acceptors (Lipinski definition) is 10. The third kappa shape index (κ3) is 4.60. The Kier molecular flexibility index (Phi) is 6.15. The van der Waals surface area contributed by atoms with E-state index in [9.17, 15) is 13.5 Å². The van der Waals surface area contributed by atoms with Crippen LogP contribution < -0.4 is 19.9 Å². The topological polar surface area (TPSA) is 175 Å². The highest BCUT2D eigenvalue weighted by Gasteiger charge is 2.34. The number of rotatable bonds is 8. The molecule has 1 aliphatic rings. The molecule has 1 aliphatic carbocycles. The van der Waals surface area contributed by atoms with Crippen LogP contribution in [0.4, 0.5) is 5.82 Å². The van der Waals surface area contributed by atoms with Crippen LogP contribution in [0.3, 0.4) is 0 Å². The zero-order valence-electron chi connectivity index (χ0n) is 17.5. The number of H-pyrrole nitrogens is 1. The molecule has 13 heteroatoms. The van der Waals surface area contributed by atoms with Crippen LogP contribution >= 0.6 is 0 Å². The maximum Gasteiger partial charge on any atom is 0.333 e. The van der Waals surface area contributed by atoms with Crippen molar-refractivity contribution in [3.63, 3.8) is 0 Å². The molecule has 12 nitrogen and oxygen atoms in total. The highest BCUT2D eigenvalue weighted by molar-refractivity contribution is 7.84. The highest BCUT2D eigenvalue weighted by atomic mass is 32.2. The number of hydrogen-bond donors (Lipinski definition) is 4. The van der Waals surface area contributed by atoms with E-state index in [1.807, 2.05) is 12.1 Å². The minimum atomic E-state index is -4.06. The lowest BCUT2D eigenvalue weighted by atomic mass is 10.1. The van der Waals surface area contributed by atoms with Crippen molar-refractivity contribution in [1.82, 2.24) is 19.9 Å². The lowest BCUT2D eigenvalue weighted by Gasteiger charge is -2.14. The molecule has 0 unspecified atom stereocenters. The first-order chi connectivity index (χ1) is 15.3. The number of aliphatic hydroxyl groups excluding tert-OH is 1. The van der Waals surface area contributed by atoms with Gasteiger partial charge in [-0.3, -0.25) is 4.18 Å². The number of nitrogens with two attached hydrogens (primary N) is 1. The summed E-state index contributed by atoms with van der Waals surface area (Å²) in [6.45, 7) is -0.179. The molecule has 0 radical (unpaired) electrons. The normalized spacial score (nSPS) is 21.1. The van der Waals surface area contributed by atoms with Gasteiger partial charge in [0.25, 0.3) is 0 Å². The molecule has 4 rings (SSSR count). The lowest BCUT2D eigenvalue weighted by molar-refractivity contribution is 0.101. The smallest absolute Gasteiger partial charge is 0.333 e. The summed E-state index contributed by atoms with van der Waals surface area (Å²) in [6, 6.07) is 5.32. The van der Waals surface area contributed by atoms with E-state index in [0.717, 1.165) is 0 Å². The first-order valence-corrected chi connectivity index (χ1v) is 11.3. The number of aromatic nitrogens is 4. The molecule has 0 bridgehead atoms. The van der Waals surface area contributed by atoms with Gasteiger partial charge in [-0.1, -0.05) is 6.07 Å². The molecule has 0 aliphatic heterocycles. The number of methoxy groups -OCH3 is 2. The van der Waals surface area contributed by atoms with Crippen molar-refractivity contribution in [1.29, 1.82) is 0 Å². The predicted octanol–water partition coefficient (Wildman–Crippen LogP) is 0.809. The van der Waals surface area contributed by atoms with Gasteiger partial charge in [0, 0.05) is 12.0 Å². The van der Waals surface area contributed by atoms with E-state index >= 15 is 0 Å². The molecule has 2 aromatic heterocycles. The van der Waals surface area contributed by atoms with Crippen LogP contribution in [-0.2, 0) is 14.5 Å². The van der Waals surface area contributed by atoms with E-state index in [2.05, 4.69) is 29.4 Å². The minimum Gasteiger partial charge on any atom is -0.493 e. The fourth-order valence-electron chi connectivity index (χ4n) is 3.91. The van der Waals surface area contributed by atoms with E-state index in [1.54, 1.807) is 20.3 Å². The molecule has 2 heterocycles. The molecule has 3 atom stereocenters. The Morgan fingerprint density at radius 3 is 2.78 bits per heavy atom. The zero-order valence-corrected chi connectivity index (χ0v) is 18.3. The maximum atomic E-state index is 11.0. The summed E-state index contributed by atoms with van der Waals surface area (Å²) in [5.74, 6) is 1.78. The van der Waals surface area contributed by atoms with Crippen LogP contribution in [0.25, 0.3) is 22.6 Å². The van der Waals surface area contributed by atoms with E-state index in [4.69, 9.17) is 14.6 Å². The van der Waals surface area contributed by atoms with E-state index in [1.165, 1.54) is 6.33 Å². The van der Waals surface area contributed by atoms with Crippen molar-refractivity contribution in [2.45, 2.75) is 25.0 Å². The third-order valence-electron chi connectivity index (χ3n) is 5.39. The average Bonchev–Trinajstić information content (AvgIpc) is 3.34. The average molecular weight is 465 g/mol. The van der Waals surface area contributed by atoms with Gasteiger partial charge in [-0.2, -0.15) is 8.42 Å². The molecule has 172 valence electrons. The number of benzene rings is 1. The standard InChI is InChI=1S/C19H24N6O6S/c1-29-14-5-3-4-12(16(14)30-2)17-24-15-18(21-9-22-19(15)25-17)23-11-6-10(13(26)7-11)8-31-32(20,27)28/h3-5,9-11,13,26H,6-8H2,1-2H3,(H2,20,27,28)(H2,21,22,23,24,25)/t10-,11+,13-/m0/s1. The summed E-state index contributed by atoms with van der Waals surface area (Å²) in [4.78, 5) is 16.3. The van der Waals surface area contributed by atoms with Crippen LogP contribution in [0.15, 0.2) is 24.5 Å². The van der Waals surface area contributed by atoms with Gasteiger partial charge < -0.3 is 24.9 Å². The monoisotopic (exact) mass is 464 g/mol. The molecule has 0 saturated heterocycles. The van der Waals surface area contributed by atoms with Crippen molar-refractivity contribution in [2.24, 2.45) is 11.1 Å². The van der Waals surface area contributed by atoms with Crippen molar-refractivity contribution in [3.05, 3.63) is 24.5 Å². The first kappa shape index (κ1) is 22.2. The summed E-state index contributed by atoms with van der Waals surface area (Å²) in [5.41, 5.74) is 1.74. The molecule has 5 N–H and O–H groups in total. The highest BCUT2D eigenvalue weighted by Crippen LogP contribution is 2.37. The summed E-state index contributed by atoms with van der Waals surface area (Å²) < 4.78 is 37.6. The molecular weight excluding hydrogens is 440 g/mol. The van der Waals surface area contributed by atoms with Gasteiger partial charge in [0.15, 0.2) is 23.0 Å². The molecule has 0 amide bonds. The number of aliphatic hydroxyl groups is 1. The van der Waals surface area contributed by atoms with Crippen LogP contribution in [0.2, 0.25) is 0 Å². The minimum absolute atomic E-state index is 0.157. The number of nitrogens with one attached hydrogen (secondary N) is 2. The van der Waals surface area contributed by atoms with Gasteiger partial charge in [-0.25, -0.2) is 20.1 Å². The molecule has 1 fully saturated rings. The summed E-state index contributed by atoms with van der Waals surface area (Å²) >= 11 is 0. The van der Waals surface area contributed by atoms with Crippen molar-refractivity contribution >= 4 is 27.3 Å². The molecule has 1 saturated carbocycles. The van der Waals surface area contributed by atoms with Crippen LogP contribution in [0, 0.1) is 5.92 Å². The van der Waals surface area contributed by atoms with Gasteiger partial charge in [0.1, 0.15) is 17.7 Å². The Labute approximate surface area is 184 Å². The van der Waals surface area contributed by atoms with Gasteiger partial charge in [-0.05, 0) is 25.0 Å². The molecular formula is C19H24N6O6S. The van der Waals surface area contributed by atoms with Gasteiger partial charge in [0.05, 0.1) is 32.5 Å². The molecule has 3 aromatic rings. The molecule has 0 spiro atoms. The Hall–Kier alpha value is -3.00. The Morgan fingerprint density at radius 2 is 2.06 bits per heavy atom. The van der Waals surface area contributed by atoms with Crippen LogP contribution in [0.5, 0.6) is 11.5 Å². The number of aromatic amines is 1. The van der Waals surface area contributed by atoms with Gasteiger partial charge >= 0.3 is 10.3 Å². The van der Waals surface area contributed by atoms with E-state index in [-0.39, 0.29) is 18.6 Å². The predicted molar refractivity (Wildman–Crippen MR) is 115 cm³/mol. The quantitative estimate of drug-likeness (QED) is 0.373. The summed E-state index contributed by atoms with van der Waals surface area (Å²) in [6.07, 6.45) is 1.54.